The van der Waals surface area contributed by atoms with E-state index in [2.05, 4.69) is 26.1 Å². The first kappa shape index (κ1) is 17.9. The molecule has 0 amide bonds. The highest BCUT2D eigenvalue weighted by atomic mass is 16.4. The summed E-state index contributed by atoms with van der Waals surface area (Å²) in [6, 6.07) is 9.87. The third-order valence-corrected chi connectivity index (χ3v) is 3.86. The van der Waals surface area contributed by atoms with Gasteiger partial charge in [-0.25, -0.2) is 0 Å². The van der Waals surface area contributed by atoms with Crippen molar-refractivity contribution in [1.29, 1.82) is 0 Å². The Morgan fingerprint density at radius 1 is 1.17 bits per heavy atom. The molecule has 1 aromatic heterocycles. The lowest BCUT2D eigenvalue weighted by atomic mass is 9.86. The van der Waals surface area contributed by atoms with Gasteiger partial charge in [-0.3, -0.25) is 14.9 Å². The molecule has 0 radical (unpaired) electrons. The van der Waals surface area contributed by atoms with E-state index in [9.17, 15) is 14.7 Å². The molecule has 0 aliphatic carbocycles. The van der Waals surface area contributed by atoms with Crippen LogP contribution in [0.15, 0.2) is 47.1 Å². The molecule has 0 bridgehead atoms. The summed E-state index contributed by atoms with van der Waals surface area (Å²) in [6.07, 6.45) is 1.42. The van der Waals surface area contributed by atoms with Gasteiger partial charge in [0.2, 0.25) is 0 Å². The molecular weight excluding hydrogens is 306 g/mol. The van der Waals surface area contributed by atoms with Gasteiger partial charge in [0.05, 0.1) is 12.8 Å². The fraction of sp³-hybridized carbons (Fsp3) is 0.368. The van der Waals surface area contributed by atoms with E-state index in [1.165, 1.54) is 6.26 Å². The third kappa shape index (κ3) is 4.80. The van der Waals surface area contributed by atoms with Crippen molar-refractivity contribution in [3.05, 3.63) is 59.5 Å². The van der Waals surface area contributed by atoms with Crippen LogP contribution in [0.3, 0.4) is 0 Å². The van der Waals surface area contributed by atoms with E-state index in [4.69, 9.17) is 4.42 Å². The van der Waals surface area contributed by atoms with Crippen LogP contribution in [0.1, 0.15) is 48.9 Å². The lowest BCUT2D eigenvalue weighted by molar-refractivity contribution is -0.139. The van der Waals surface area contributed by atoms with Crippen LogP contribution in [0.25, 0.3) is 0 Å². The number of benzene rings is 1. The van der Waals surface area contributed by atoms with Crippen molar-refractivity contribution >= 4 is 11.8 Å². The Balaban J connectivity index is 2.00. The van der Waals surface area contributed by atoms with Crippen LogP contribution < -0.4 is 5.32 Å². The SMILES string of the molecule is CC(C)(C)c1ccc(C(=O)C[C@@H](NCc2ccco2)C(=O)O)cc1. The normalized spacial score (nSPS) is 12.8. The molecule has 128 valence electrons. The second kappa shape index (κ2) is 7.45. The molecule has 0 saturated heterocycles. The summed E-state index contributed by atoms with van der Waals surface area (Å²) < 4.78 is 5.16. The molecule has 2 rings (SSSR count). The Hall–Kier alpha value is -2.40. The minimum absolute atomic E-state index is 0.00970. The van der Waals surface area contributed by atoms with Crippen molar-refractivity contribution in [3.8, 4) is 0 Å². The number of carbonyl (C=O) groups is 2. The predicted molar refractivity (Wildman–Crippen MR) is 91.1 cm³/mol. The van der Waals surface area contributed by atoms with Crippen molar-refractivity contribution in [2.45, 2.75) is 45.2 Å². The van der Waals surface area contributed by atoms with Gasteiger partial charge in [-0.15, -0.1) is 0 Å². The fourth-order valence-corrected chi connectivity index (χ4v) is 2.34. The van der Waals surface area contributed by atoms with Gasteiger partial charge < -0.3 is 9.52 Å². The molecule has 1 aromatic carbocycles. The van der Waals surface area contributed by atoms with Crippen LogP contribution in [0.4, 0.5) is 0 Å². The van der Waals surface area contributed by atoms with E-state index >= 15 is 0 Å². The molecule has 2 N–H and O–H groups in total. The summed E-state index contributed by atoms with van der Waals surface area (Å²) in [4.78, 5) is 23.7. The minimum Gasteiger partial charge on any atom is -0.480 e. The highest BCUT2D eigenvalue weighted by Crippen LogP contribution is 2.22. The Morgan fingerprint density at radius 3 is 2.33 bits per heavy atom. The lowest BCUT2D eigenvalue weighted by Crippen LogP contribution is -2.38. The zero-order chi connectivity index (χ0) is 17.7. The molecule has 2 aromatic rings. The smallest absolute Gasteiger partial charge is 0.321 e. The first-order valence-electron chi connectivity index (χ1n) is 7.89. The number of carboxylic acids is 1. The van der Waals surface area contributed by atoms with Gasteiger partial charge in [0.15, 0.2) is 5.78 Å². The van der Waals surface area contributed by atoms with Crippen molar-refractivity contribution < 1.29 is 19.1 Å². The number of carbonyl (C=O) groups excluding carboxylic acids is 1. The number of hydrogen-bond acceptors (Lipinski definition) is 4. The molecular formula is C19H23NO4. The molecule has 1 atom stereocenters. The van der Waals surface area contributed by atoms with E-state index in [1.54, 1.807) is 24.3 Å². The molecule has 5 heteroatoms. The van der Waals surface area contributed by atoms with Gasteiger partial charge in [0.1, 0.15) is 11.8 Å². The number of Topliss-reactive ketones (excluding diaryl/α,β-unsaturated/α-hetero) is 1. The van der Waals surface area contributed by atoms with Crippen LogP contribution in [-0.4, -0.2) is 22.9 Å². The minimum atomic E-state index is -1.05. The summed E-state index contributed by atoms with van der Waals surface area (Å²) in [7, 11) is 0. The summed E-state index contributed by atoms with van der Waals surface area (Å²) in [5, 5.41) is 12.1. The monoisotopic (exact) mass is 329 g/mol. The molecule has 0 fully saturated rings. The lowest BCUT2D eigenvalue weighted by Gasteiger charge is -2.19. The summed E-state index contributed by atoms with van der Waals surface area (Å²) >= 11 is 0. The summed E-state index contributed by atoms with van der Waals surface area (Å²) in [6.45, 7) is 6.56. The number of nitrogens with one attached hydrogen (secondary N) is 1. The molecule has 24 heavy (non-hydrogen) atoms. The Bertz CT molecular complexity index is 681. The average Bonchev–Trinajstić information content (AvgIpc) is 3.03. The van der Waals surface area contributed by atoms with Crippen molar-refractivity contribution in [2.75, 3.05) is 0 Å². The van der Waals surface area contributed by atoms with Crippen LogP contribution in [0.5, 0.6) is 0 Å². The summed E-state index contributed by atoms with van der Waals surface area (Å²) in [5.41, 5.74) is 1.66. The zero-order valence-corrected chi connectivity index (χ0v) is 14.2. The summed E-state index contributed by atoms with van der Waals surface area (Å²) in [5.74, 6) is -0.626. The van der Waals surface area contributed by atoms with Gasteiger partial charge in [0.25, 0.3) is 0 Å². The topological polar surface area (TPSA) is 79.5 Å². The molecule has 1 heterocycles. The van der Waals surface area contributed by atoms with E-state index in [0.29, 0.717) is 11.3 Å². The maximum Gasteiger partial charge on any atom is 0.321 e. The van der Waals surface area contributed by atoms with E-state index in [1.807, 2.05) is 12.1 Å². The number of furan rings is 1. The molecule has 0 unspecified atom stereocenters. The van der Waals surface area contributed by atoms with Crippen LogP contribution in [0.2, 0.25) is 0 Å². The van der Waals surface area contributed by atoms with Crippen molar-refractivity contribution in [1.82, 2.24) is 5.32 Å². The van der Waals surface area contributed by atoms with Crippen molar-refractivity contribution in [3.63, 3.8) is 0 Å². The number of carboxylic acid groups (broad SMARTS) is 1. The van der Waals surface area contributed by atoms with E-state index in [-0.39, 0.29) is 24.2 Å². The maximum atomic E-state index is 12.4. The Labute approximate surface area is 141 Å². The van der Waals surface area contributed by atoms with E-state index < -0.39 is 12.0 Å². The first-order valence-corrected chi connectivity index (χ1v) is 7.89. The second-order valence-electron chi connectivity index (χ2n) is 6.81. The van der Waals surface area contributed by atoms with Crippen LogP contribution >= 0.6 is 0 Å². The van der Waals surface area contributed by atoms with Gasteiger partial charge >= 0.3 is 5.97 Å². The van der Waals surface area contributed by atoms with Crippen LogP contribution in [-0.2, 0) is 16.8 Å². The standard InChI is InChI=1S/C19H23NO4/c1-19(2,3)14-8-6-13(7-9-14)17(21)11-16(18(22)23)20-12-15-5-4-10-24-15/h4-10,16,20H,11-12H2,1-3H3,(H,22,23)/t16-/m1/s1. The number of hydrogen-bond donors (Lipinski definition) is 2. The van der Waals surface area contributed by atoms with Gasteiger partial charge in [-0.2, -0.15) is 0 Å². The zero-order valence-electron chi connectivity index (χ0n) is 14.2. The number of rotatable bonds is 7. The fourth-order valence-electron chi connectivity index (χ4n) is 2.34. The van der Waals surface area contributed by atoms with E-state index in [0.717, 1.165) is 5.56 Å². The second-order valence-corrected chi connectivity index (χ2v) is 6.81. The van der Waals surface area contributed by atoms with Crippen LogP contribution in [0, 0.1) is 0 Å². The van der Waals surface area contributed by atoms with Gasteiger partial charge in [-0.05, 0) is 23.1 Å². The quantitative estimate of drug-likeness (QED) is 0.761. The van der Waals surface area contributed by atoms with Gasteiger partial charge in [0, 0.05) is 12.0 Å². The Kier molecular flexibility index (Phi) is 5.57. The average molecular weight is 329 g/mol. The molecule has 5 nitrogen and oxygen atoms in total. The molecule has 0 aliphatic rings. The first-order chi connectivity index (χ1) is 11.3. The largest absolute Gasteiger partial charge is 0.480 e. The highest BCUT2D eigenvalue weighted by molar-refractivity contribution is 5.98. The third-order valence-electron chi connectivity index (χ3n) is 3.86. The number of aliphatic carboxylic acids is 1. The molecule has 0 saturated carbocycles. The Morgan fingerprint density at radius 2 is 1.83 bits per heavy atom. The molecule has 0 aliphatic heterocycles. The molecule has 0 spiro atoms. The maximum absolute atomic E-state index is 12.4. The van der Waals surface area contributed by atoms with Gasteiger partial charge in [-0.1, -0.05) is 45.0 Å². The van der Waals surface area contributed by atoms with Crippen molar-refractivity contribution in [2.24, 2.45) is 0 Å². The predicted octanol–water partition coefficient (Wildman–Crippen LogP) is 3.39. The highest BCUT2D eigenvalue weighted by Gasteiger charge is 2.22. The number of ketones is 1.